The summed E-state index contributed by atoms with van der Waals surface area (Å²) in [5, 5.41) is 4.35. The third-order valence-electron chi connectivity index (χ3n) is 5.25. The molecular weight excluding hydrogens is 336 g/mol. The average Bonchev–Trinajstić information content (AvgIpc) is 3.21. The minimum absolute atomic E-state index is 0.716. The molecule has 1 fully saturated rings. The van der Waals surface area contributed by atoms with Crippen LogP contribution in [0.3, 0.4) is 0 Å². The minimum atomic E-state index is 0.716. The Hall–Kier alpha value is -2.82. The van der Waals surface area contributed by atoms with Crippen LogP contribution in [-0.2, 0) is 6.42 Å². The normalized spacial score (nSPS) is 14.5. The molecule has 1 saturated carbocycles. The Balaban J connectivity index is 1.31. The van der Waals surface area contributed by atoms with E-state index in [1.165, 1.54) is 31.2 Å². The van der Waals surface area contributed by atoms with Crippen molar-refractivity contribution in [3.05, 3.63) is 54.4 Å². The highest BCUT2D eigenvalue weighted by Crippen LogP contribution is 2.26. The van der Waals surface area contributed by atoms with E-state index in [1.807, 2.05) is 18.2 Å². The Labute approximate surface area is 160 Å². The first-order valence-corrected chi connectivity index (χ1v) is 9.74. The smallest absolute Gasteiger partial charge is 0.137 e. The molecule has 0 aliphatic heterocycles. The Morgan fingerprint density at radius 2 is 1.85 bits per heavy atom. The fourth-order valence-corrected chi connectivity index (χ4v) is 3.68. The lowest BCUT2D eigenvalue weighted by Crippen LogP contribution is -2.08. The number of rotatable bonds is 7. The molecule has 0 atom stereocenters. The van der Waals surface area contributed by atoms with Gasteiger partial charge in [-0.05, 0) is 61.1 Å². The number of nitrogens with zero attached hydrogens (tertiary/aromatic N) is 2. The molecule has 0 radical (unpaired) electrons. The van der Waals surface area contributed by atoms with Gasteiger partial charge in [-0.25, -0.2) is 9.97 Å². The van der Waals surface area contributed by atoms with Crippen molar-refractivity contribution in [3.8, 4) is 5.75 Å². The minimum Gasteiger partial charge on any atom is -0.493 e. The van der Waals surface area contributed by atoms with Gasteiger partial charge in [0.1, 0.15) is 17.9 Å². The van der Waals surface area contributed by atoms with Gasteiger partial charge < -0.3 is 15.8 Å². The SMILES string of the molecule is Nc1ccc2ncnc(NCCc3ccc(OCC4CCCC4)cc3)c2c1. The standard InChI is InChI=1S/C22H26N4O/c23-18-7-10-21-20(13-18)22(26-15-25-21)24-12-11-16-5-8-19(9-6-16)27-14-17-3-1-2-4-17/h5-10,13,15,17H,1-4,11-12,14,23H2,(H,24,25,26). The first-order valence-electron chi connectivity index (χ1n) is 9.74. The predicted molar refractivity (Wildman–Crippen MR) is 110 cm³/mol. The molecule has 140 valence electrons. The van der Waals surface area contributed by atoms with Gasteiger partial charge in [-0.1, -0.05) is 25.0 Å². The van der Waals surface area contributed by atoms with Crippen molar-refractivity contribution in [3.63, 3.8) is 0 Å². The summed E-state index contributed by atoms with van der Waals surface area (Å²) in [5.74, 6) is 2.53. The van der Waals surface area contributed by atoms with Crippen LogP contribution in [0, 0.1) is 5.92 Å². The van der Waals surface area contributed by atoms with Crippen LogP contribution >= 0.6 is 0 Å². The van der Waals surface area contributed by atoms with Crippen LogP contribution in [-0.4, -0.2) is 23.1 Å². The van der Waals surface area contributed by atoms with Gasteiger partial charge in [-0.3, -0.25) is 0 Å². The van der Waals surface area contributed by atoms with Gasteiger partial charge in [-0.2, -0.15) is 0 Å². The molecule has 2 aromatic carbocycles. The number of nitrogens with one attached hydrogen (secondary N) is 1. The van der Waals surface area contributed by atoms with E-state index >= 15 is 0 Å². The zero-order valence-electron chi connectivity index (χ0n) is 15.5. The number of ether oxygens (including phenoxy) is 1. The maximum Gasteiger partial charge on any atom is 0.137 e. The van der Waals surface area contributed by atoms with E-state index in [9.17, 15) is 0 Å². The summed E-state index contributed by atoms with van der Waals surface area (Å²) in [6.07, 6.45) is 7.83. The molecule has 0 bridgehead atoms. The zero-order chi connectivity index (χ0) is 18.5. The van der Waals surface area contributed by atoms with Crippen LogP contribution in [0.5, 0.6) is 5.75 Å². The highest BCUT2D eigenvalue weighted by Gasteiger charge is 2.15. The summed E-state index contributed by atoms with van der Waals surface area (Å²) < 4.78 is 5.93. The third-order valence-corrected chi connectivity index (χ3v) is 5.25. The molecule has 0 saturated heterocycles. The van der Waals surface area contributed by atoms with Gasteiger partial charge in [0.2, 0.25) is 0 Å². The van der Waals surface area contributed by atoms with Gasteiger partial charge in [0.05, 0.1) is 12.1 Å². The van der Waals surface area contributed by atoms with Gasteiger partial charge >= 0.3 is 0 Å². The van der Waals surface area contributed by atoms with Crippen molar-refractivity contribution in [2.24, 2.45) is 5.92 Å². The van der Waals surface area contributed by atoms with E-state index in [2.05, 4.69) is 39.6 Å². The lowest BCUT2D eigenvalue weighted by molar-refractivity contribution is 0.252. The Morgan fingerprint density at radius 1 is 1.04 bits per heavy atom. The van der Waals surface area contributed by atoms with E-state index in [0.717, 1.165) is 48.0 Å². The summed E-state index contributed by atoms with van der Waals surface area (Å²) in [4.78, 5) is 8.64. The highest BCUT2D eigenvalue weighted by atomic mass is 16.5. The average molecular weight is 362 g/mol. The van der Waals surface area contributed by atoms with Crippen molar-refractivity contribution in [2.45, 2.75) is 32.1 Å². The summed E-state index contributed by atoms with van der Waals surface area (Å²) in [6, 6.07) is 14.1. The van der Waals surface area contributed by atoms with Crippen LogP contribution in [0.15, 0.2) is 48.8 Å². The van der Waals surface area contributed by atoms with Crippen molar-refractivity contribution in [2.75, 3.05) is 24.2 Å². The maximum absolute atomic E-state index is 5.93. The van der Waals surface area contributed by atoms with Crippen molar-refractivity contribution >= 4 is 22.4 Å². The van der Waals surface area contributed by atoms with Crippen molar-refractivity contribution in [1.29, 1.82) is 0 Å². The molecule has 1 aliphatic rings. The molecule has 3 aromatic rings. The number of hydrogen-bond donors (Lipinski definition) is 2. The van der Waals surface area contributed by atoms with Crippen molar-refractivity contribution < 1.29 is 4.74 Å². The highest BCUT2D eigenvalue weighted by molar-refractivity contribution is 5.91. The molecule has 3 N–H and O–H groups in total. The van der Waals surface area contributed by atoms with Gasteiger partial charge in [-0.15, -0.1) is 0 Å². The maximum atomic E-state index is 5.93. The fraction of sp³-hybridized carbons (Fsp3) is 0.364. The van der Waals surface area contributed by atoms with E-state index < -0.39 is 0 Å². The van der Waals surface area contributed by atoms with E-state index in [1.54, 1.807) is 6.33 Å². The van der Waals surface area contributed by atoms with Crippen LogP contribution in [0.25, 0.3) is 10.9 Å². The number of aromatic nitrogens is 2. The first kappa shape index (κ1) is 17.6. The molecule has 4 rings (SSSR count). The molecule has 27 heavy (non-hydrogen) atoms. The number of hydrogen-bond acceptors (Lipinski definition) is 5. The molecule has 1 aromatic heterocycles. The Bertz CT molecular complexity index is 888. The van der Waals surface area contributed by atoms with Gasteiger partial charge in [0.15, 0.2) is 0 Å². The van der Waals surface area contributed by atoms with Crippen molar-refractivity contribution in [1.82, 2.24) is 9.97 Å². The zero-order valence-corrected chi connectivity index (χ0v) is 15.5. The monoisotopic (exact) mass is 362 g/mol. The molecule has 1 heterocycles. The van der Waals surface area contributed by atoms with Gasteiger partial charge in [0.25, 0.3) is 0 Å². The van der Waals surface area contributed by atoms with Crippen LogP contribution in [0.2, 0.25) is 0 Å². The second-order valence-corrected chi connectivity index (χ2v) is 7.28. The topological polar surface area (TPSA) is 73.1 Å². The second-order valence-electron chi connectivity index (χ2n) is 7.28. The number of nitrogens with two attached hydrogens (primary N) is 1. The first-order chi connectivity index (χ1) is 13.3. The molecule has 0 spiro atoms. The lowest BCUT2D eigenvalue weighted by atomic mass is 10.1. The quantitative estimate of drug-likeness (QED) is 0.608. The summed E-state index contributed by atoms with van der Waals surface area (Å²) in [5.41, 5.74) is 8.78. The van der Waals surface area contributed by atoms with Crippen LogP contribution in [0.1, 0.15) is 31.2 Å². The van der Waals surface area contributed by atoms with E-state index in [0.29, 0.717) is 5.69 Å². The largest absolute Gasteiger partial charge is 0.493 e. The number of fused-ring (bicyclic) bond motifs is 1. The Kier molecular flexibility index (Phi) is 5.37. The fourth-order valence-electron chi connectivity index (χ4n) is 3.68. The number of benzene rings is 2. The third kappa shape index (κ3) is 4.48. The molecular formula is C22H26N4O. The predicted octanol–water partition coefficient (Wildman–Crippen LogP) is 4.44. The summed E-state index contributed by atoms with van der Waals surface area (Å²) in [6.45, 7) is 1.65. The summed E-state index contributed by atoms with van der Waals surface area (Å²) >= 11 is 0. The summed E-state index contributed by atoms with van der Waals surface area (Å²) in [7, 11) is 0. The molecule has 5 nitrogen and oxygen atoms in total. The number of anilines is 2. The number of nitrogen functional groups attached to an aromatic ring is 1. The molecule has 1 aliphatic carbocycles. The molecule has 5 heteroatoms. The van der Waals surface area contributed by atoms with Crippen LogP contribution < -0.4 is 15.8 Å². The molecule has 0 unspecified atom stereocenters. The second kappa shape index (κ2) is 8.25. The molecule has 0 amide bonds. The lowest BCUT2D eigenvalue weighted by Gasteiger charge is -2.12. The van der Waals surface area contributed by atoms with Gasteiger partial charge in [0, 0.05) is 17.6 Å². The van der Waals surface area contributed by atoms with E-state index in [-0.39, 0.29) is 0 Å². The van der Waals surface area contributed by atoms with Crippen LogP contribution in [0.4, 0.5) is 11.5 Å². The van der Waals surface area contributed by atoms with E-state index in [4.69, 9.17) is 10.5 Å². The Morgan fingerprint density at radius 3 is 2.67 bits per heavy atom.